The number of carbonyl (C=O) groups excluding carboxylic acids is 1. The number of primary amides is 1. The molecule has 1 saturated carbocycles. The van der Waals surface area contributed by atoms with Crippen LogP contribution in [0, 0.1) is 11.3 Å². The molecule has 3 atom stereocenters. The van der Waals surface area contributed by atoms with Crippen molar-refractivity contribution in [2.75, 3.05) is 13.1 Å². The average molecular weight is 470 g/mol. The van der Waals surface area contributed by atoms with Gasteiger partial charge in [-0.1, -0.05) is 41.0 Å². The summed E-state index contributed by atoms with van der Waals surface area (Å²) >= 11 is 6.37. The van der Waals surface area contributed by atoms with Crippen LogP contribution >= 0.6 is 11.6 Å². The van der Waals surface area contributed by atoms with Crippen LogP contribution in [0.2, 0.25) is 5.02 Å². The summed E-state index contributed by atoms with van der Waals surface area (Å²) in [5.74, 6) is -0.411. The summed E-state index contributed by atoms with van der Waals surface area (Å²) in [6, 6.07) is 13.0. The molecule has 5 rings (SSSR count). The van der Waals surface area contributed by atoms with Crippen LogP contribution < -0.4 is 10.5 Å². The lowest BCUT2D eigenvalue weighted by Crippen LogP contribution is -2.62. The topological polar surface area (TPSA) is 119 Å². The molecule has 1 spiro atoms. The van der Waals surface area contributed by atoms with Crippen LogP contribution in [0.25, 0.3) is 10.8 Å². The van der Waals surface area contributed by atoms with Gasteiger partial charge in [-0.05, 0) is 36.8 Å². The maximum absolute atomic E-state index is 12.6. The van der Waals surface area contributed by atoms with Crippen molar-refractivity contribution in [3.05, 3.63) is 59.4 Å². The first-order valence-corrected chi connectivity index (χ1v) is 11.3. The second-order valence-corrected chi connectivity index (χ2v) is 9.31. The molecule has 2 amide bonds. The van der Waals surface area contributed by atoms with Gasteiger partial charge >= 0.3 is 6.09 Å². The summed E-state index contributed by atoms with van der Waals surface area (Å²) in [6.45, 7) is 0.814. The van der Waals surface area contributed by atoms with Crippen molar-refractivity contribution >= 4 is 34.4 Å². The summed E-state index contributed by atoms with van der Waals surface area (Å²) in [5.41, 5.74) is 5.59. The van der Waals surface area contributed by atoms with Gasteiger partial charge in [0.15, 0.2) is 0 Å². The van der Waals surface area contributed by atoms with Gasteiger partial charge in [0.05, 0.1) is 6.20 Å². The minimum absolute atomic E-state index is 0.270. The Labute approximate surface area is 195 Å². The third kappa shape index (κ3) is 3.68. The van der Waals surface area contributed by atoms with Gasteiger partial charge in [-0.3, -0.25) is 4.79 Å². The average Bonchev–Trinajstić information content (AvgIpc) is 3.33. The molecule has 0 bridgehead atoms. The van der Waals surface area contributed by atoms with Gasteiger partial charge in [0, 0.05) is 40.9 Å². The van der Waals surface area contributed by atoms with Gasteiger partial charge in [0.25, 0.3) is 0 Å². The Morgan fingerprint density at radius 2 is 1.91 bits per heavy atom. The van der Waals surface area contributed by atoms with E-state index in [1.165, 1.54) is 11.1 Å². The number of likely N-dealkylation sites (tertiary alicyclic amines) is 1. The summed E-state index contributed by atoms with van der Waals surface area (Å²) < 4.78 is 11.9. The molecule has 8 nitrogen and oxygen atoms in total. The van der Waals surface area contributed by atoms with Gasteiger partial charge in [0.1, 0.15) is 23.5 Å². The molecule has 1 aliphatic heterocycles. The SMILES string of the molecule is NC(=O)C(c1ccno1)C1C(Oc2ccc(Cl)c3ccccc23)CC12CCN(C(=O)O)CC2. The lowest BCUT2D eigenvalue weighted by molar-refractivity contribution is -0.150. The van der Waals surface area contributed by atoms with E-state index >= 15 is 0 Å². The first-order chi connectivity index (χ1) is 15.9. The molecule has 3 N–H and O–H groups in total. The number of hydrogen-bond acceptors (Lipinski definition) is 5. The van der Waals surface area contributed by atoms with Crippen molar-refractivity contribution in [2.24, 2.45) is 17.1 Å². The van der Waals surface area contributed by atoms with E-state index in [1.54, 1.807) is 12.1 Å². The van der Waals surface area contributed by atoms with Gasteiger partial charge in [-0.2, -0.15) is 0 Å². The standard InChI is InChI=1S/C24H24ClN3O5/c25-16-5-6-17(15-4-2-1-3-14(15)16)32-19-13-24(8-11-28(12-9-24)23(30)31)21(19)20(22(26)29)18-7-10-27-33-18/h1-7,10,19-21H,8-9,11-13H2,(H2,26,29)(H,30,31). The number of nitrogens with zero attached hydrogens (tertiary/aromatic N) is 2. The summed E-state index contributed by atoms with van der Waals surface area (Å²) in [7, 11) is 0. The Bertz CT molecular complexity index is 1190. The number of ether oxygens (including phenoxy) is 1. The molecule has 2 aromatic carbocycles. The van der Waals surface area contributed by atoms with Crippen molar-refractivity contribution < 1.29 is 24.0 Å². The maximum Gasteiger partial charge on any atom is 0.407 e. The number of carboxylic acid groups (broad SMARTS) is 1. The molecule has 2 fully saturated rings. The van der Waals surface area contributed by atoms with Gasteiger partial charge < -0.3 is 25.0 Å². The largest absolute Gasteiger partial charge is 0.489 e. The predicted octanol–water partition coefficient (Wildman–Crippen LogP) is 4.28. The number of rotatable bonds is 5. The van der Waals surface area contributed by atoms with E-state index in [-0.39, 0.29) is 17.4 Å². The third-order valence-electron chi connectivity index (χ3n) is 7.28. The normalized spacial score (nSPS) is 22.6. The molecular weight excluding hydrogens is 446 g/mol. The Morgan fingerprint density at radius 1 is 1.18 bits per heavy atom. The van der Waals surface area contributed by atoms with Crippen LogP contribution in [-0.2, 0) is 4.79 Å². The molecule has 172 valence electrons. The number of piperidine rings is 1. The molecule has 1 aromatic heterocycles. The molecule has 33 heavy (non-hydrogen) atoms. The number of nitrogens with two attached hydrogens (primary N) is 1. The Hall–Kier alpha value is -3.26. The zero-order valence-corrected chi connectivity index (χ0v) is 18.6. The molecule has 9 heteroatoms. The van der Waals surface area contributed by atoms with E-state index < -0.39 is 17.9 Å². The second kappa shape index (κ2) is 8.26. The fourth-order valence-corrected chi connectivity index (χ4v) is 5.87. The highest BCUT2D eigenvalue weighted by molar-refractivity contribution is 6.35. The Morgan fingerprint density at radius 3 is 2.55 bits per heavy atom. The van der Waals surface area contributed by atoms with Crippen LogP contribution in [0.15, 0.2) is 53.2 Å². The molecule has 3 aromatic rings. The number of benzene rings is 2. The fraction of sp³-hybridized carbons (Fsp3) is 0.375. The fourth-order valence-electron chi connectivity index (χ4n) is 5.64. The molecule has 2 heterocycles. The van der Waals surface area contributed by atoms with E-state index in [9.17, 15) is 14.7 Å². The molecule has 3 unspecified atom stereocenters. The third-order valence-corrected chi connectivity index (χ3v) is 7.61. The number of halogens is 1. The summed E-state index contributed by atoms with van der Waals surface area (Å²) in [6.07, 6.45) is 2.22. The van der Waals surface area contributed by atoms with Crippen LogP contribution in [-0.4, -0.2) is 46.4 Å². The van der Waals surface area contributed by atoms with Gasteiger partial charge in [0.2, 0.25) is 5.91 Å². The Balaban J connectivity index is 1.49. The number of amides is 2. The van der Waals surface area contributed by atoms with E-state index in [0.29, 0.717) is 48.9 Å². The Kier molecular flexibility index (Phi) is 5.40. The van der Waals surface area contributed by atoms with E-state index in [2.05, 4.69) is 5.16 Å². The van der Waals surface area contributed by atoms with Crippen molar-refractivity contribution in [2.45, 2.75) is 31.3 Å². The highest BCUT2D eigenvalue weighted by atomic mass is 35.5. The highest BCUT2D eigenvalue weighted by Crippen LogP contribution is 2.60. The van der Waals surface area contributed by atoms with Crippen molar-refractivity contribution in [1.82, 2.24) is 10.1 Å². The molecule has 0 radical (unpaired) electrons. The monoisotopic (exact) mass is 469 g/mol. The van der Waals surface area contributed by atoms with E-state index in [0.717, 1.165) is 10.8 Å². The number of aromatic nitrogens is 1. The summed E-state index contributed by atoms with van der Waals surface area (Å²) in [5, 5.41) is 15.6. The van der Waals surface area contributed by atoms with Crippen LogP contribution in [0.5, 0.6) is 5.75 Å². The van der Waals surface area contributed by atoms with Crippen LogP contribution in [0.3, 0.4) is 0 Å². The first-order valence-electron chi connectivity index (χ1n) is 10.9. The van der Waals surface area contributed by atoms with Crippen molar-refractivity contribution in [1.29, 1.82) is 0 Å². The van der Waals surface area contributed by atoms with Gasteiger partial charge in [-0.15, -0.1) is 0 Å². The van der Waals surface area contributed by atoms with E-state index in [1.807, 2.05) is 30.3 Å². The number of carbonyl (C=O) groups is 2. The number of hydrogen-bond donors (Lipinski definition) is 2. The zero-order chi connectivity index (χ0) is 23.2. The molecule has 1 aliphatic carbocycles. The summed E-state index contributed by atoms with van der Waals surface area (Å²) in [4.78, 5) is 25.5. The highest BCUT2D eigenvalue weighted by Gasteiger charge is 2.61. The lowest BCUT2D eigenvalue weighted by Gasteiger charge is -2.59. The van der Waals surface area contributed by atoms with E-state index in [4.69, 9.17) is 26.6 Å². The lowest BCUT2D eigenvalue weighted by atomic mass is 9.50. The maximum atomic E-state index is 12.6. The smallest absolute Gasteiger partial charge is 0.407 e. The van der Waals surface area contributed by atoms with Crippen molar-refractivity contribution in [3.63, 3.8) is 0 Å². The van der Waals surface area contributed by atoms with Crippen LogP contribution in [0.1, 0.15) is 30.9 Å². The predicted molar refractivity (Wildman–Crippen MR) is 121 cm³/mol. The number of fused-ring (bicyclic) bond motifs is 1. The molecule has 2 aliphatic rings. The minimum atomic E-state index is -0.928. The quantitative estimate of drug-likeness (QED) is 0.575. The molecule has 1 saturated heterocycles. The van der Waals surface area contributed by atoms with Crippen molar-refractivity contribution in [3.8, 4) is 5.75 Å². The van der Waals surface area contributed by atoms with Crippen LogP contribution in [0.4, 0.5) is 4.79 Å². The molecular formula is C24H24ClN3O5. The van der Waals surface area contributed by atoms with Gasteiger partial charge in [-0.25, -0.2) is 4.79 Å². The minimum Gasteiger partial charge on any atom is -0.489 e. The zero-order valence-electron chi connectivity index (χ0n) is 17.8. The first kappa shape index (κ1) is 21.6. The second-order valence-electron chi connectivity index (χ2n) is 8.90.